The van der Waals surface area contributed by atoms with E-state index in [1.807, 2.05) is 24.3 Å². The van der Waals surface area contributed by atoms with Crippen LogP contribution in [0.25, 0.3) is 10.8 Å². The molecule has 1 saturated carbocycles. The molecule has 2 aromatic rings. The van der Waals surface area contributed by atoms with Crippen LogP contribution in [0, 0.1) is 5.92 Å². The molecule has 0 bridgehead atoms. The molecule has 1 amide bonds. The van der Waals surface area contributed by atoms with Crippen LogP contribution in [0.5, 0.6) is 0 Å². The first-order valence-corrected chi connectivity index (χ1v) is 7.54. The molecule has 1 aromatic carbocycles. The minimum Gasteiger partial charge on any atom is -0.396 e. The molecule has 2 unspecified atom stereocenters. The molecule has 3 rings (SSSR count). The number of hydrogen-bond donors (Lipinski definition) is 2. The quantitative estimate of drug-likeness (QED) is 0.857. The second kappa shape index (κ2) is 6.00. The molecule has 1 aliphatic carbocycles. The molecule has 0 radical (unpaired) electrons. The lowest BCUT2D eigenvalue weighted by atomic mass is 10.0. The van der Waals surface area contributed by atoms with Crippen molar-refractivity contribution in [3.63, 3.8) is 0 Å². The Bertz CT molecular complexity index is 674. The van der Waals surface area contributed by atoms with Crippen molar-refractivity contribution in [2.24, 2.45) is 5.92 Å². The third-order valence-electron chi connectivity index (χ3n) is 4.14. The number of aliphatic hydroxyl groups is 1. The minimum absolute atomic E-state index is 0.0227. The molecule has 1 heterocycles. The summed E-state index contributed by atoms with van der Waals surface area (Å²) in [6.45, 7) is 0.108. The number of nitrogens with one attached hydrogen (secondary N) is 1. The zero-order valence-electron chi connectivity index (χ0n) is 11.6. The topological polar surface area (TPSA) is 62.2 Å². The number of aliphatic hydroxyl groups excluding tert-OH is 1. The molecule has 0 aliphatic heterocycles. The lowest BCUT2D eigenvalue weighted by molar-refractivity contribution is 0.0911. The van der Waals surface area contributed by atoms with E-state index in [9.17, 15) is 9.90 Å². The summed E-state index contributed by atoms with van der Waals surface area (Å²) in [4.78, 5) is 16.5. The highest BCUT2D eigenvalue weighted by Gasteiger charge is 2.28. The van der Waals surface area contributed by atoms with Gasteiger partial charge in [0.1, 0.15) is 10.8 Å². The molecule has 2 atom stereocenters. The molecule has 1 aliphatic rings. The van der Waals surface area contributed by atoms with Crippen LogP contribution in [0.2, 0.25) is 5.15 Å². The Labute approximate surface area is 128 Å². The van der Waals surface area contributed by atoms with Crippen molar-refractivity contribution in [3.8, 4) is 0 Å². The molecular weight excluding hydrogens is 288 g/mol. The summed E-state index contributed by atoms with van der Waals surface area (Å²) < 4.78 is 0. The van der Waals surface area contributed by atoms with Crippen LogP contribution in [-0.4, -0.2) is 28.6 Å². The standard InChI is InChI=1S/C16H17ClN2O2/c17-15-12-6-2-1-4-10(12)8-14(18-15)16(21)19-13-7-3-5-11(13)9-20/h1-2,4,6,8,11,13,20H,3,5,7,9H2,(H,19,21). The molecule has 0 spiro atoms. The molecule has 110 valence electrons. The molecule has 21 heavy (non-hydrogen) atoms. The number of aromatic nitrogens is 1. The van der Waals surface area contributed by atoms with Crippen LogP contribution in [0.3, 0.4) is 0 Å². The van der Waals surface area contributed by atoms with Gasteiger partial charge in [0.05, 0.1) is 0 Å². The van der Waals surface area contributed by atoms with E-state index in [0.717, 1.165) is 30.0 Å². The van der Waals surface area contributed by atoms with Crippen molar-refractivity contribution in [1.29, 1.82) is 0 Å². The van der Waals surface area contributed by atoms with E-state index in [1.165, 1.54) is 0 Å². The van der Waals surface area contributed by atoms with Gasteiger partial charge in [-0.1, -0.05) is 42.3 Å². The largest absolute Gasteiger partial charge is 0.396 e. The zero-order chi connectivity index (χ0) is 14.8. The molecule has 1 aromatic heterocycles. The monoisotopic (exact) mass is 304 g/mol. The van der Waals surface area contributed by atoms with Gasteiger partial charge < -0.3 is 10.4 Å². The van der Waals surface area contributed by atoms with Crippen molar-refractivity contribution in [1.82, 2.24) is 10.3 Å². The molecule has 1 fully saturated rings. The average molecular weight is 305 g/mol. The predicted octanol–water partition coefficient (Wildman–Crippen LogP) is 2.78. The number of fused-ring (bicyclic) bond motifs is 1. The number of halogens is 1. The van der Waals surface area contributed by atoms with Gasteiger partial charge in [-0.05, 0) is 24.3 Å². The number of amides is 1. The predicted molar refractivity (Wildman–Crippen MR) is 82.4 cm³/mol. The van der Waals surface area contributed by atoms with Crippen molar-refractivity contribution in [2.75, 3.05) is 6.61 Å². The Kier molecular flexibility index (Phi) is 4.08. The maximum Gasteiger partial charge on any atom is 0.270 e. The number of pyridine rings is 1. The Morgan fingerprint density at radius 3 is 3.00 bits per heavy atom. The molecule has 2 N–H and O–H groups in total. The maximum absolute atomic E-state index is 12.3. The van der Waals surface area contributed by atoms with Crippen LogP contribution in [0.15, 0.2) is 30.3 Å². The minimum atomic E-state index is -0.229. The number of carbonyl (C=O) groups excluding carboxylic acids is 1. The summed E-state index contributed by atoms with van der Waals surface area (Å²) in [6.07, 6.45) is 2.88. The van der Waals surface area contributed by atoms with Crippen LogP contribution in [0.1, 0.15) is 29.8 Å². The highest BCUT2D eigenvalue weighted by Crippen LogP contribution is 2.26. The number of carbonyl (C=O) groups is 1. The number of hydrogen-bond acceptors (Lipinski definition) is 3. The lowest BCUT2D eigenvalue weighted by Gasteiger charge is -2.18. The van der Waals surface area contributed by atoms with Gasteiger partial charge in [0, 0.05) is 24.0 Å². The van der Waals surface area contributed by atoms with Crippen molar-refractivity contribution in [3.05, 3.63) is 41.2 Å². The Balaban J connectivity index is 1.84. The molecule has 5 heteroatoms. The molecular formula is C16H17ClN2O2. The van der Waals surface area contributed by atoms with Crippen molar-refractivity contribution < 1.29 is 9.90 Å². The lowest BCUT2D eigenvalue weighted by Crippen LogP contribution is -2.38. The van der Waals surface area contributed by atoms with Crippen molar-refractivity contribution >= 4 is 28.3 Å². The molecule has 0 saturated heterocycles. The summed E-state index contributed by atoms with van der Waals surface area (Å²) in [5, 5.41) is 14.4. The smallest absolute Gasteiger partial charge is 0.270 e. The highest BCUT2D eigenvalue weighted by molar-refractivity contribution is 6.34. The normalized spacial score (nSPS) is 21.6. The first-order chi connectivity index (χ1) is 10.2. The highest BCUT2D eigenvalue weighted by atomic mass is 35.5. The fourth-order valence-electron chi connectivity index (χ4n) is 2.96. The second-order valence-electron chi connectivity index (χ2n) is 5.47. The molecule has 4 nitrogen and oxygen atoms in total. The van der Waals surface area contributed by atoms with Crippen LogP contribution >= 0.6 is 11.6 Å². The Morgan fingerprint density at radius 1 is 1.38 bits per heavy atom. The van der Waals surface area contributed by atoms with Crippen molar-refractivity contribution in [2.45, 2.75) is 25.3 Å². The summed E-state index contributed by atoms with van der Waals surface area (Å²) in [5.41, 5.74) is 0.322. The van der Waals surface area contributed by atoms with Gasteiger partial charge in [-0.15, -0.1) is 0 Å². The Morgan fingerprint density at radius 2 is 2.19 bits per heavy atom. The van der Waals surface area contributed by atoms with E-state index in [4.69, 9.17) is 11.6 Å². The number of nitrogens with zero attached hydrogens (tertiary/aromatic N) is 1. The van der Waals surface area contributed by atoms with Crippen LogP contribution in [-0.2, 0) is 0 Å². The first kappa shape index (κ1) is 14.3. The van der Waals surface area contributed by atoms with E-state index in [1.54, 1.807) is 6.07 Å². The first-order valence-electron chi connectivity index (χ1n) is 7.16. The van der Waals surface area contributed by atoms with E-state index in [-0.39, 0.29) is 24.5 Å². The fraction of sp³-hybridized carbons (Fsp3) is 0.375. The van der Waals surface area contributed by atoms with Gasteiger partial charge >= 0.3 is 0 Å². The van der Waals surface area contributed by atoms with E-state index < -0.39 is 0 Å². The summed E-state index contributed by atoms with van der Waals surface area (Å²) in [7, 11) is 0. The van der Waals surface area contributed by atoms with Gasteiger partial charge in [0.2, 0.25) is 0 Å². The van der Waals surface area contributed by atoms with Crippen LogP contribution < -0.4 is 5.32 Å². The van der Waals surface area contributed by atoms with Crippen LogP contribution in [0.4, 0.5) is 0 Å². The fourth-order valence-corrected chi connectivity index (χ4v) is 3.22. The summed E-state index contributed by atoms with van der Waals surface area (Å²) in [6, 6.07) is 9.35. The van der Waals surface area contributed by atoms with Gasteiger partial charge in [0.25, 0.3) is 5.91 Å². The zero-order valence-corrected chi connectivity index (χ0v) is 12.3. The Hall–Kier alpha value is -1.65. The van der Waals surface area contributed by atoms with E-state index in [2.05, 4.69) is 10.3 Å². The van der Waals surface area contributed by atoms with E-state index >= 15 is 0 Å². The van der Waals surface area contributed by atoms with Gasteiger partial charge in [-0.3, -0.25) is 4.79 Å². The average Bonchev–Trinajstić information content (AvgIpc) is 2.94. The van der Waals surface area contributed by atoms with Gasteiger partial charge in [0.15, 0.2) is 0 Å². The van der Waals surface area contributed by atoms with Gasteiger partial charge in [-0.2, -0.15) is 0 Å². The SMILES string of the molecule is O=C(NC1CCCC1CO)c1cc2ccccc2c(Cl)n1. The third-order valence-corrected chi connectivity index (χ3v) is 4.42. The number of benzene rings is 1. The maximum atomic E-state index is 12.3. The van der Waals surface area contributed by atoms with E-state index in [0.29, 0.717) is 10.8 Å². The van der Waals surface area contributed by atoms with Gasteiger partial charge in [-0.25, -0.2) is 4.98 Å². The summed E-state index contributed by atoms with van der Waals surface area (Å²) in [5.74, 6) is -0.0853. The third kappa shape index (κ3) is 2.87. The second-order valence-corrected chi connectivity index (χ2v) is 5.83. The summed E-state index contributed by atoms with van der Waals surface area (Å²) >= 11 is 6.15. The number of rotatable bonds is 3.